The van der Waals surface area contributed by atoms with Crippen LogP contribution in [0, 0.1) is 6.92 Å². The lowest BCUT2D eigenvalue weighted by Crippen LogP contribution is -2.44. The summed E-state index contributed by atoms with van der Waals surface area (Å²) in [5.41, 5.74) is -1.73. The lowest BCUT2D eigenvalue weighted by atomic mass is 9.89. The van der Waals surface area contributed by atoms with E-state index in [0.29, 0.717) is 5.56 Å². The van der Waals surface area contributed by atoms with Gasteiger partial charge in [0, 0.05) is 5.56 Å². The molecule has 0 aliphatic rings. The van der Waals surface area contributed by atoms with Crippen LogP contribution < -0.4 is 0 Å². The predicted molar refractivity (Wildman–Crippen MR) is 84.6 cm³/mol. The van der Waals surface area contributed by atoms with Crippen LogP contribution in [0.3, 0.4) is 0 Å². The molecule has 0 radical (unpaired) electrons. The van der Waals surface area contributed by atoms with E-state index in [0.717, 1.165) is 5.56 Å². The summed E-state index contributed by atoms with van der Waals surface area (Å²) >= 11 is 0. The van der Waals surface area contributed by atoms with Crippen molar-refractivity contribution in [3.05, 3.63) is 71.6 Å². The third-order valence-electron chi connectivity index (χ3n) is 3.91. The average Bonchev–Trinajstić information content (AvgIpc) is 3.03. The predicted octanol–water partition coefficient (Wildman–Crippen LogP) is 4.04. The molecule has 1 atom stereocenters. The molecule has 0 aliphatic carbocycles. The molecule has 0 saturated heterocycles. The lowest BCUT2D eigenvalue weighted by molar-refractivity contribution is -0.267. The second kappa shape index (κ2) is 6.33. The van der Waals surface area contributed by atoms with Crippen molar-refractivity contribution in [2.24, 2.45) is 0 Å². The van der Waals surface area contributed by atoms with Gasteiger partial charge in [0.1, 0.15) is 0 Å². The van der Waals surface area contributed by atoms with Crippen molar-refractivity contribution in [1.29, 1.82) is 0 Å². The molecule has 2 aromatic carbocycles. The zero-order chi connectivity index (χ0) is 18.1. The number of hydrogen-bond donors (Lipinski definition) is 1. The Morgan fingerprint density at radius 2 is 1.64 bits per heavy atom. The second-order valence-electron chi connectivity index (χ2n) is 5.78. The van der Waals surface area contributed by atoms with Crippen LogP contribution in [0.1, 0.15) is 17.0 Å². The molecule has 0 aliphatic heterocycles. The summed E-state index contributed by atoms with van der Waals surface area (Å²) in [7, 11) is 0. The smallest absolute Gasteiger partial charge is 0.376 e. The van der Waals surface area contributed by atoms with Gasteiger partial charge in [-0.25, -0.2) is 0 Å². The molecular formula is C18H15F3N2O2. The minimum atomic E-state index is -4.90. The van der Waals surface area contributed by atoms with Crippen LogP contribution in [-0.2, 0) is 12.0 Å². The Labute approximate surface area is 141 Å². The van der Waals surface area contributed by atoms with E-state index in [4.69, 9.17) is 4.52 Å². The van der Waals surface area contributed by atoms with Gasteiger partial charge in [0.15, 0.2) is 5.60 Å². The maximum atomic E-state index is 13.5. The highest BCUT2D eigenvalue weighted by atomic mass is 19.4. The first kappa shape index (κ1) is 17.2. The normalized spacial score (nSPS) is 14.3. The van der Waals surface area contributed by atoms with Gasteiger partial charge in [0.25, 0.3) is 0 Å². The van der Waals surface area contributed by atoms with Crippen LogP contribution in [0.5, 0.6) is 0 Å². The zero-order valence-electron chi connectivity index (χ0n) is 13.3. The Hall–Kier alpha value is -2.67. The van der Waals surface area contributed by atoms with Gasteiger partial charge in [0.2, 0.25) is 11.7 Å². The van der Waals surface area contributed by atoms with Gasteiger partial charge in [-0.2, -0.15) is 18.2 Å². The monoisotopic (exact) mass is 348 g/mol. The highest BCUT2D eigenvalue weighted by Crippen LogP contribution is 2.41. The molecule has 0 bridgehead atoms. The zero-order valence-corrected chi connectivity index (χ0v) is 13.3. The number of aromatic nitrogens is 2. The van der Waals surface area contributed by atoms with Crippen molar-refractivity contribution in [2.75, 3.05) is 0 Å². The fourth-order valence-electron chi connectivity index (χ4n) is 2.45. The number of alkyl halides is 3. The number of aryl methyl sites for hydroxylation is 1. The topological polar surface area (TPSA) is 59.2 Å². The Morgan fingerprint density at radius 1 is 1.00 bits per heavy atom. The first-order chi connectivity index (χ1) is 11.8. The van der Waals surface area contributed by atoms with Gasteiger partial charge in [0.05, 0.1) is 6.42 Å². The SMILES string of the molecule is Cc1ccc(-c2noc(C[C@](O)(c3ccccc3)C(F)(F)F)n2)cc1. The Bertz CT molecular complexity index is 845. The Kier molecular flexibility index (Phi) is 4.34. The first-order valence-electron chi connectivity index (χ1n) is 7.54. The maximum absolute atomic E-state index is 13.5. The molecule has 1 aromatic heterocycles. The molecule has 3 rings (SSSR count). The summed E-state index contributed by atoms with van der Waals surface area (Å²) in [5, 5.41) is 14.0. The molecule has 0 saturated carbocycles. The summed E-state index contributed by atoms with van der Waals surface area (Å²) in [6.45, 7) is 1.91. The van der Waals surface area contributed by atoms with Gasteiger partial charge in [-0.3, -0.25) is 0 Å². The van der Waals surface area contributed by atoms with E-state index in [2.05, 4.69) is 10.1 Å². The minimum Gasteiger partial charge on any atom is -0.376 e. The van der Waals surface area contributed by atoms with E-state index in [-0.39, 0.29) is 17.3 Å². The molecular weight excluding hydrogens is 333 g/mol. The van der Waals surface area contributed by atoms with Gasteiger partial charge in [-0.1, -0.05) is 65.3 Å². The number of benzene rings is 2. The first-order valence-corrected chi connectivity index (χ1v) is 7.54. The minimum absolute atomic E-state index is 0.174. The molecule has 4 nitrogen and oxygen atoms in total. The summed E-state index contributed by atoms with van der Waals surface area (Å²) < 4.78 is 45.5. The molecule has 0 amide bonds. The molecule has 130 valence electrons. The van der Waals surface area contributed by atoms with Crippen molar-refractivity contribution in [2.45, 2.75) is 25.1 Å². The molecule has 1 heterocycles. The molecule has 1 N–H and O–H groups in total. The van der Waals surface area contributed by atoms with Crippen LogP contribution in [-0.4, -0.2) is 21.4 Å². The number of nitrogens with zero attached hydrogens (tertiary/aromatic N) is 2. The van der Waals surface area contributed by atoms with Crippen LogP contribution >= 0.6 is 0 Å². The van der Waals surface area contributed by atoms with Crippen molar-refractivity contribution in [3.63, 3.8) is 0 Å². The van der Waals surface area contributed by atoms with Crippen molar-refractivity contribution < 1.29 is 22.8 Å². The highest BCUT2D eigenvalue weighted by Gasteiger charge is 2.55. The van der Waals surface area contributed by atoms with Crippen molar-refractivity contribution in [3.8, 4) is 11.4 Å². The van der Waals surface area contributed by atoms with Crippen LogP contribution in [0.4, 0.5) is 13.2 Å². The Balaban J connectivity index is 1.92. The molecule has 0 unspecified atom stereocenters. The summed E-state index contributed by atoms with van der Waals surface area (Å²) in [6.07, 6.45) is -5.76. The van der Waals surface area contributed by atoms with Gasteiger partial charge < -0.3 is 9.63 Å². The maximum Gasteiger partial charge on any atom is 0.421 e. The number of halogens is 3. The lowest BCUT2D eigenvalue weighted by Gasteiger charge is -2.29. The molecule has 3 aromatic rings. The van der Waals surface area contributed by atoms with Crippen LogP contribution in [0.15, 0.2) is 59.1 Å². The van der Waals surface area contributed by atoms with Gasteiger partial charge in [-0.05, 0) is 12.5 Å². The summed E-state index contributed by atoms with van der Waals surface area (Å²) in [5.74, 6) is -0.119. The van der Waals surface area contributed by atoms with E-state index in [1.807, 2.05) is 19.1 Å². The summed E-state index contributed by atoms with van der Waals surface area (Å²) in [4.78, 5) is 4.00. The van der Waals surface area contributed by atoms with Gasteiger partial charge >= 0.3 is 6.18 Å². The number of rotatable bonds is 4. The quantitative estimate of drug-likeness (QED) is 0.773. The third-order valence-corrected chi connectivity index (χ3v) is 3.91. The average molecular weight is 348 g/mol. The molecule has 0 spiro atoms. The van der Waals surface area contributed by atoms with E-state index < -0.39 is 18.2 Å². The number of aliphatic hydroxyl groups is 1. The van der Waals surface area contributed by atoms with E-state index in [1.165, 1.54) is 24.3 Å². The van der Waals surface area contributed by atoms with Crippen molar-refractivity contribution in [1.82, 2.24) is 10.1 Å². The van der Waals surface area contributed by atoms with Crippen LogP contribution in [0.2, 0.25) is 0 Å². The standard InChI is InChI=1S/C18H15F3N2O2/c1-12-7-9-13(10-8-12)16-22-15(25-23-16)11-17(24,18(19,20)21)14-5-3-2-4-6-14/h2-10,24H,11H2,1H3/t17-/m0/s1. The highest BCUT2D eigenvalue weighted by molar-refractivity contribution is 5.54. The third kappa shape index (κ3) is 3.41. The second-order valence-corrected chi connectivity index (χ2v) is 5.78. The fraction of sp³-hybridized carbons (Fsp3) is 0.222. The van der Waals surface area contributed by atoms with Gasteiger partial charge in [-0.15, -0.1) is 0 Å². The fourth-order valence-corrected chi connectivity index (χ4v) is 2.45. The molecule has 7 heteroatoms. The molecule has 0 fully saturated rings. The van der Waals surface area contributed by atoms with Crippen molar-refractivity contribution >= 4 is 0 Å². The Morgan fingerprint density at radius 3 is 2.24 bits per heavy atom. The largest absolute Gasteiger partial charge is 0.421 e. The summed E-state index contributed by atoms with van der Waals surface area (Å²) in [6, 6.07) is 14.0. The van der Waals surface area contributed by atoms with E-state index in [1.54, 1.807) is 18.2 Å². The van der Waals surface area contributed by atoms with Crippen LogP contribution in [0.25, 0.3) is 11.4 Å². The van der Waals surface area contributed by atoms with E-state index >= 15 is 0 Å². The molecule has 25 heavy (non-hydrogen) atoms. The van der Waals surface area contributed by atoms with E-state index in [9.17, 15) is 18.3 Å². The number of hydrogen-bond acceptors (Lipinski definition) is 4.